The molecule has 0 radical (unpaired) electrons. The number of nitrogens with zero attached hydrogens (tertiary/aromatic N) is 4. The van der Waals surface area contributed by atoms with Crippen molar-refractivity contribution in [3.05, 3.63) is 78.9 Å². The van der Waals surface area contributed by atoms with Crippen LogP contribution in [0, 0.1) is 42.9 Å². The van der Waals surface area contributed by atoms with Gasteiger partial charge in [0.05, 0.1) is 27.0 Å². The Morgan fingerprint density at radius 3 is 1.83 bits per heavy atom. The van der Waals surface area contributed by atoms with Crippen molar-refractivity contribution >= 4 is 17.2 Å². The second-order valence-corrected chi connectivity index (χ2v) is 4.57. The minimum atomic E-state index is -0.844. The fourth-order valence-electron chi connectivity index (χ4n) is 1.98. The minimum absolute atomic E-state index is 0.0136. The molecule has 0 aliphatic rings. The van der Waals surface area contributed by atoms with Crippen LogP contribution in [0.3, 0.4) is 0 Å². The van der Waals surface area contributed by atoms with E-state index in [1.165, 1.54) is 12.1 Å². The Kier molecular flexibility index (Phi) is 4.29. The predicted octanol–water partition coefficient (Wildman–Crippen LogP) is 2.48. The number of hydrogen-bond acceptors (Lipinski definition) is 7. The number of nitro benzene ring substituents is 2. The van der Waals surface area contributed by atoms with Gasteiger partial charge in [-0.25, -0.2) is 0 Å². The van der Waals surface area contributed by atoms with E-state index in [9.17, 15) is 25.0 Å². The molecule has 9 nitrogen and oxygen atoms in total. The highest BCUT2D eigenvalue weighted by Gasteiger charge is 2.21. The van der Waals surface area contributed by atoms with Crippen LogP contribution in [0.4, 0.5) is 11.4 Å². The molecule has 0 heterocycles. The van der Waals surface area contributed by atoms with Gasteiger partial charge in [0.15, 0.2) is 5.78 Å². The summed E-state index contributed by atoms with van der Waals surface area (Å²) in [6.07, 6.45) is 0. The van der Waals surface area contributed by atoms with Gasteiger partial charge >= 0.3 is 0 Å². The van der Waals surface area contributed by atoms with Crippen molar-refractivity contribution in [2.45, 2.75) is 0 Å². The first kappa shape index (κ1) is 16.3. The van der Waals surface area contributed by atoms with Crippen LogP contribution in [0.25, 0.3) is 0 Å². The second-order valence-electron chi connectivity index (χ2n) is 4.57. The zero-order valence-electron chi connectivity index (χ0n) is 11.8. The molecule has 0 amide bonds. The molecule has 0 fully saturated rings. The highest BCUT2D eigenvalue weighted by molar-refractivity contribution is 6.10. The standard InChI is InChI=1S/C15H6N4O5/c16-7-10-2-1-9(3-12(10)8-17)15(20)11-4-13(18(21)22)6-14(5-11)19(23)24/h1-6H. The van der Waals surface area contributed by atoms with Gasteiger partial charge in [0.2, 0.25) is 0 Å². The van der Waals surface area contributed by atoms with Gasteiger partial charge in [-0.15, -0.1) is 0 Å². The van der Waals surface area contributed by atoms with Crippen molar-refractivity contribution in [2.24, 2.45) is 0 Å². The number of ketones is 1. The lowest BCUT2D eigenvalue weighted by atomic mass is 9.98. The van der Waals surface area contributed by atoms with Gasteiger partial charge in [-0.3, -0.25) is 25.0 Å². The summed E-state index contributed by atoms with van der Waals surface area (Å²) in [4.78, 5) is 32.5. The van der Waals surface area contributed by atoms with E-state index in [2.05, 4.69) is 0 Å². The van der Waals surface area contributed by atoms with Crippen LogP contribution >= 0.6 is 0 Å². The van der Waals surface area contributed by atoms with E-state index in [4.69, 9.17) is 10.5 Å². The largest absolute Gasteiger partial charge is 0.289 e. The number of hydrogen-bond donors (Lipinski definition) is 0. The maximum absolute atomic E-state index is 12.4. The van der Waals surface area contributed by atoms with Crippen LogP contribution in [0.2, 0.25) is 0 Å². The lowest BCUT2D eigenvalue weighted by molar-refractivity contribution is -0.394. The Balaban J connectivity index is 2.58. The average Bonchev–Trinajstić information content (AvgIpc) is 2.59. The van der Waals surface area contributed by atoms with Crippen molar-refractivity contribution in [1.82, 2.24) is 0 Å². The number of nitriles is 2. The summed E-state index contributed by atoms with van der Waals surface area (Å²) in [6, 6.07) is 9.82. The summed E-state index contributed by atoms with van der Waals surface area (Å²) in [6.45, 7) is 0. The van der Waals surface area contributed by atoms with Crippen LogP contribution < -0.4 is 0 Å². The van der Waals surface area contributed by atoms with E-state index in [0.717, 1.165) is 24.3 Å². The zero-order chi connectivity index (χ0) is 17.9. The quantitative estimate of drug-likeness (QED) is 0.476. The van der Waals surface area contributed by atoms with Crippen LogP contribution in [-0.2, 0) is 0 Å². The number of carbonyl (C=O) groups excluding carboxylic acids is 1. The molecule has 0 bridgehead atoms. The molecule has 0 atom stereocenters. The molecule has 0 N–H and O–H groups in total. The first-order valence-electron chi connectivity index (χ1n) is 6.30. The Hall–Kier alpha value is -4.11. The van der Waals surface area contributed by atoms with Gasteiger partial charge in [-0.1, -0.05) is 0 Å². The Bertz CT molecular complexity index is 937. The lowest BCUT2D eigenvalue weighted by Gasteiger charge is -2.03. The van der Waals surface area contributed by atoms with Crippen molar-refractivity contribution in [3.63, 3.8) is 0 Å². The van der Waals surface area contributed by atoms with Crippen molar-refractivity contribution < 1.29 is 14.6 Å². The van der Waals surface area contributed by atoms with Crippen LogP contribution in [0.15, 0.2) is 36.4 Å². The van der Waals surface area contributed by atoms with Crippen molar-refractivity contribution in [3.8, 4) is 12.1 Å². The molecule has 0 saturated heterocycles. The smallest absolute Gasteiger partial charge is 0.277 e. The van der Waals surface area contributed by atoms with E-state index < -0.39 is 27.0 Å². The summed E-state index contributed by atoms with van der Waals surface area (Å²) in [5, 5.41) is 39.6. The van der Waals surface area contributed by atoms with Gasteiger partial charge in [0.1, 0.15) is 12.1 Å². The fraction of sp³-hybridized carbons (Fsp3) is 0. The summed E-state index contributed by atoms with van der Waals surface area (Å²) in [5.74, 6) is -0.734. The van der Waals surface area contributed by atoms with Gasteiger partial charge in [-0.2, -0.15) is 10.5 Å². The molecular weight excluding hydrogens is 316 g/mol. The molecular formula is C15H6N4O5. The topological polar surface area (TPSA) is 151 Å². The SMILES string of the molecule is N#Cc1ccc(C(=O)c2cc([N+](=O)[O-])cc([N+](=O)[O-])c2)cc1C#N. The van der Waals surface area contributed by atoms with Gasteiger partial charge < -0.3 is 0 Å². The molecule has 0 unspecified atom stereocenters. The van der Waals surface area contributed by atoms with Crippen molar-refractivity contribution in [1.29, 1.82) is 10.5 Å². The number of non-ortho nitro benzene ring substituents is 2. The lowest BCUT2D eigenvalue weighted by Crippen LogP contribution is -2.04. The van der Waals surface area contributed by atoms with E-state index in [-0.39, 0.29) is 22.3 Å². The fourth-order valence-corrected chi connectivity index (χ4v) is 1.98. The summed E-state index contributed by atoms with van der Waals surface area (Å²) >= 11 is 0. The maximum Gasteiger partial charge on any atom is 0.277 e. The molecule has 0 saturated carbocycles. The first-order chi connectivity index (χ1) is 11.4. The first-order valence-corrected chi connectivity index (χ1v) is 6.30. The van der Waals surface area contributed by atoms with Gasteiger partial charge in [0.25, 0.3) is 11.4 Å². The van der Waals surface area contributed by atoms with Gasteiger partial charge in [0, 0.05) is 23.3 Å². The van der Waals surface area contributed by atoms with Crippen LogP contribution in [0.5, 0.6) is 0 Å². The summed E-state index contributed by atoms with van der Waals surface area (Å²) < 4.78 is 0. The molecule has 9 heteroatoms. The second kappa shape index (κ2) is 6.34. The van der Waals surface area contributed by atoms with Gasteiger partial charge in [-0.05, 0) is 18.2 Å². The number of nitro groups is 2. The normalized spacial score (nSPS) is 9.58. The third kappa shape index (κ3) is 3.05. The molecule has 116 valence electrons. The predicted molar refractivity (Wildman–Crippen MR) is 79.1 cm³/mol. The number of rotatable bonds is 4. The highest BCUT2D eigenvalue weighted by atomic mass is 16.6. The molecule has 0 spiro atoms. The van der Waals surface area contributed by atoms with E-state index in [1.807, 2.05) is 0 Å². The molecule has 0 aliphatic carbocycles. The Morgan fingerprint density at radius 1 is 0.833 bits per heavy atom. The molecule has 24 heavy (non-hydrogen) atoms. The molecule has 2 aromatic carbocycles. The molecule has 0 aliphatic heterocycles. The Labute approximate surface area is 134 Å². The molecule has 0 aromatic heterocycles. The highest BCUT2D eigenvalue weighted by Crippen LogP contribution is 2.25. The van der Waals surface area contributed by atoms with E-state index in [0.29, 0.717) is 0 Å². The van der Waals surface area contributed by atoms with E-state index in [1.54, 1.807) is 12.1 Å². The third-order valence-corrected chi connectivity index (χ3v) is 3.11. The average molecular weight is 322 g/mol. The Morgan fingerprint density at radius 2 is 1.38 bits per heavy atom. The minimum Gasteiger partial charge on any atom is -0.289 e. The number of benzene rings is 2. The summed E-state index contributed by atoms with van der Waals surface area (Å²) in [7, 11) is 0. The monoisotopic (exact) mass is 322 g/mol. The van der Waals surface area contributed by atoms with E-state index >= 15 is 0 Å². The van der Waals surface area contributed by atoms with Crippen LogP contribution in [-0.4, -0.2) is 15.6 Å². The molecule has 2 aromatic rings. The number of carbonyl (C=O) groups is 1. The van der Waals surface area contributed by atoms with Crippen LogP contribution in [0.1, 0.15) is 27.0 Å². The summed E-state index contributed by atoms with van der Waals surface area (Å²) in [5.41, 5.74) is -1.43. The van der Waals surface area contributed by atoms with Crippen molar-refractivity contribution in [2.75, 3.05) is 0 Å². The molecule has 2 rings (SSSR count). The zero-order valence-corrected chi connectivity index (χ0v) is 11.8. The maximum atomic E-state index is 12.4. The third-order valence-electron chi connectivity index (χ3n) is 3.11.